The van der Waals surface area contributed by atoms with Gasteiger partial charge in [-0.2, -0.15) is 0 Å². The standard InChI is InChI=1S/C30H24N2O2/c1-2-30(33)34-21(19-31-26-15-7-3-11-22(26)23-12-4-8-16-27(23)31)20-32-28-17-9-5-13-24(28)25-14-6-10-18-29(25)32/h2-18,21H,1,19-20H2. The maximum Gasteiger partial charge on any atom is 0.330 e. The van der Waals surface area contributed by atoms with Gasteiger partial charge in [0, 0.05) is 49.7 Å². The summed E-state index contributed by atoms with van der Waals surface area (Å²) in [5, 5.41) is 4.79. The first-order chi connectivity index (χ1) is 16.7. The summed E-state index contributed by atoms with van der Waals surface area (Å²) in [5.74, 6) is -0.411. The van der Waals surface area contributed by atoms with Crippen molar-refractivity contribution in [2.24, 2.45) is 0 Å². The van der Waals surface area contributed by atoms with Crippen molar-refractivity contribution in [1.29, 1.82) is 0 Å². The van der Waals surface area contributed by atoms with Crippen LogP contribution in [0.25, 0.3) is 43.6 Å². The highest BCUT2D eigenvalue weighted by molar-refractivity contribution is 6.08. The number of fused-ring (bicyclic) bond motifs is 6. The minimum atomic E-state index is -0.411. The van der Waals surface area contributed by atoms with Gasteiger partial charge in [0.2, 0.25) is 0 Å². The molecule has 4 aromatic carbocycles. The van der Waals surface area contributed by atoms with Crippen LogP contribution in [0.5, 0.6) is 0 Å². The van der Waals surface area contributed by atoms with Crippen LogP contribution in [0.3, 0.4) is 0 Å². The summed E-state index contributed by atoms with van der Waals surface area (Å²) in [6, 6.07) is 33.5. The summed E-state index contributed by atoms with van der Waals surface area (Å²) >= 11 is 0. The number of aromatic nitrogens is 2. The molecule has 34 heavy (non-hydrogen) atoms. The summed E-state index contributed by atoms with van der Waals surface area (Å²) in [4.78, 5) is 12.4. The van der Waals surface area contributed by atoms with Crippen LogP contribution >= 0.6 is 0 Å². The molecule has 6 rings (SSSR count). The van der Waals surface area contributed by atoms with Gasteiger partial charge in [0.25, 0.3) is 0 Å². The zero-order valence-corrected chi connectivity index (χ0v) is 18.7. The highest BCUT2D eigenvalue weighted by atomic mass is 16.5. The number of ether oxygens (including phenoxy) is 1. The summed E-state index contributed by atoms with van der Waals surface area (Å²) in [5.41, 5.74) is 4.52. The molecule has 4 nitrogen and oxygen atoms in total. The van der Waals surface area contributed by atoms with E-state index in [9.17, 15) is 4.79 Å². The topological polar surface area (TPSA) is 36.2 Å². The molecule has 0 saturated heterocycles. The first-order valence-electron chi connectivity index (χ1n) is 11.5. The Kier molecular flexibility index (Phi) is 4.92. The molecule has 0 unspecified atom stereocenters. The number of esters is 1. The van der Waals surface area contributed by atoms with Crippen molar-refractivity contribution in [2.45, 2.75) is 19.2 Å². The lowest BCUT2D eigenvalue weighted by molar-refractivity contribution is -0.144. The Labute approximate surface area is 197 Å². The quantitative estimate of drug-likeness (QED) is 0.212. The molecule has 0 spiro atoms. The number of carbonyl (C=O) groups excluding carboxylic acids is 1. The fourth-order valence-corrected chi connectivity index (χ4v) is 5.15. The lowest BCUT2D eigenvalue weighted by Gasteiger charge is -2.21. The fraction of sp³-hybridized carbons (Fsp3) is 0.100. The Morgan fingerprint density at radius 3 is 1.29 bits per heavy atom. The van der Waals surface area contributed by atoms with Crippen LogP contribution < -0.4 is 0 Å². The van der Waals surface area contributed by atoms with E-state index in [2.05, 4.69) is 113 Å². The van der Waals surface area contributed by atoms with E-state index in [0.717, 1.165) is 22.1 Å². The third kappa shape index (κ3) is 3.27. The van der Waals surface area contributed by atoms with E-state index in [1.54, 1.807) is 0 Å². The minimum absolute atomic E-state index is 0.385. The molecular weight excluding hydrogens is 420 g/mol. The predicted molar refractivity (Wildman–Crippen MR) is 139 cm³/mol. The zero-order chi connectivity index (χ0) is 23.1. The lowest BCUT2D eigenvalue weighted by atomic mass is 10.2. The van der Waals surface area contributed by atoms with Crippen molar-refractivity contribution >= 4 is 49.6 Å². The second kappa shape index (κ2) is 8.23. The van der Waals surface area contributed by atoms with Gasteiger partial charge in [-0.3, -0.25) is 0 Å². The normalized spacial score (nSPS) is 11.7. The SMILES string of the molecule is C=CC(=O)OC(Cn1c2ccccc2c2ccccc21)Cn1c2ccccc2c2ccccc21. The van der Waals surface area contributed by atoms with Crippen molar-refractivity contribution in [1.82, 2.24) is 9.13 Å². The van der Waals surface area contributed by atoms with Crippen molar-refractivity contribution < 1.29 is 9.53 Å². The molecule has 2 heterocycles. The Morgan fingerprint density at radius 2 is 0.971 bits per heavy atom. The van der Waals surface area contributed by atoms with Crippen molar-refractivity contribution in [2.75, 3.05) is 0 Å². The molecule has 0 aliphatic heterocycles. The molecule has 4 heteroatoms. The van der Waals surface area contributed by atoms with Crippen LogP contribution in [0.1, 0.15) is 0 Å². The molecule has 0 fully saturated rings. The van der Waals surface area contributed by atoms with E-state index in [4.69, 9.17) is 4.74 Å². The molecular formula is C30H24N2O2. The number of hydrogen-bond acceptors (Lipinski definition) is 2. The molecule has 0 N–H and O–H groups in total. The van der Waals surface area contributed by atoms with E-state index in [-0.39, 0.29) is 6.10 Å². The number of rotatable bonds is 6. The monoisotopic (exact) mass is 444 g/mol. The highest BCUT2D eigenvalue weighted by Gasteiger charge is 2.21. The lowest BCUT2D eigenvalue weighted by Crippen LogP contribution is -2.27. The predicted octanol–water partition coefficient (Wildman–Crippen LogP) is 6.70. The molecule has 0 amide bonds. The molecule has 0 saturated carbocycles. The maximum atomic E-state index is 12.4. The van der Waals surface area contributed by atoms with Gasteiger partial charge in [-0.05, 0) is 24.3 Å². The van der Waals surface area contributed by atoms with Crippen LogP contribution in [0.15, 0.2) is 110 Å². The fourth-order valence-electron chi connectivity index (χ4n) is 5.15. The van der Waals surface area contributed by atoms with Gasteiger partial charge < -0.3 is 13.9 Å². The highest BCUT2D eigenvalue weighted by Crippen LogP contribution is 2.31. The smallest absolute Gasteiger partial charge is 0.330 e. The minimum Gasteiger partial charge on any atom is -0.455 e. The molecule has 0 atom stereocenters. The second-order valence-electron chi connectivity index (χ2n) is 8.55. The first kappa shape index (κ1) is 20.3. The van der Waals surface area contributed by atoms with Gasteiger partial charge in [-0.1, -0.05) is 79.4 Å². The van der Waals surface area contributed by atoms with Crippen LogP contribution in [-0.2, 0) is 22.6 Å². The summed E-state index contributed by atoms with van der Waals surface area (Å²) in [6.07, 6.45) is 0.856. The average molecular weight is 445 g/mol. The van der Waals surface area contributed by atoms with Crippen molar-refractivity contribution in [3.8, 4) is 0 Å². The zero-order valence-electron chi connectivity index (χ0n) is 18.7. The molecule has 2 aromatic heterocycles. The van der Waals surface area contributed by atoms with E-state index in [1.807, 2.05) is 0 Å². The Morgan fingerprint density at radius 1 is 0.647 bits per heavy atom. The van der Waals surface area contributed by atoms with Crippen LogP contribution in [0.4, 0.5) is 0 Å². The van der Waals surface area contributed by atoms with Gasteiger partial charge in [0.1, 0.15) is 6.10 Å². The molecule has 0 aliphatic carbocycles. The van der Waals surface area contributed by atoms with Gasteiger partial charge in [0.15, 0.2) is 0 Å². The third-order valence-electron chi connectivity index (χ3n) is 6.58. The Bertz CT molecular complexity index is 1470. The average Bonchev–Trinajstić information content (AvgIpc) is 3.37. The third-order valence-corrected chi connectivity index (χ3v) is 6.58. The largest absolute Gasteiger partial charge is 0.455 e. The molecule has 6 aromatic rings. The van der Waals surface area contributed by atoms with Gasteiger partial charge in [0.05, 0.1) is 13.1 Å². The summed E-state index contributed by atoms with van der Waals surface area (Å²) < 4.78 is 10.5. The second-order valence-corrected chi connectivity index (χ2v) is 8.55. The molecule has 0 aliphatic rings. The molecule has 0 bridgehead atoms. The van der Waals surface area contributed by atoms with Gasteiger partial charge in [-0.25, -0.2) is 4.79 Å². The number of nitrogens with zero attached hydrogens (tertiary/aromatic N) is 2. The van der Waals surface area contributed by atoms with E-state index < -0.39 is 5.97 Å². The van der Waals surface area contributed by atoms with E-state index in [0.29, 0.717) is 13.1 Å². The summed E-state index contributed by atoms with van der Waals surface area (Å²) in [6.45, 7) is 4.69. The summed E-state index contributed by atoms with van der Waals surface area (Å²) in [7, 11) is 0. The van der Waals surface area contributed by atoms with Gasteiger partial charge in [-0.15, -0.1) is 0 Å². The maximum absolute atomic E-state index is 12.4. The van der Waals surface area contributed by atoms with Crippen LogP contribution in [-0.4, -0.2) is 21.2 Å². The molecule has 0 radical (unpaired) electrons. The van der Waals surface area contributed by atoms with Crippen molar-refractivity contribution in [3.05, 3.63) is 110 Å². The van der Waals surface area contributed by atoms with E-state index >= 15 is 0 Å². The van der Waals surface area contributed by atoms with Gasteiger partial charge >= 0.3 is 5.97 Å². The number of carbonyl (C=O) groups is 1. The van der Waals surface area contributed by atoms with E-state index in [1.165, 1.54) is 27.6 Å². The van der Waals surface area contributed by atoms with Crippen LogP contribution in [0.2, 0.25) is 0 Å². The number of hydrogen-bond donors (Lipinski definition) is 0. The molecule has 166 valence electrons. The first-order valence-corrected chi connectivity index (χ1v) is 11.5. The number of benzene rings is 4. The Balaban J connectivity index is 1.49. The van der Waals surface area contributed by atoms with Crippen molar-refractivity contribution in [3.63, 3.8) is 0 Å². The van der Waals surface area contributed by atoms with Crippen LogP contribution in [0, 0.1) is 0 Å². The Hall–Kier alpha value is -4.31. The number of para-hydroxylation sites is 4.